The van der Waals surface area contributed by atoms with Crippen molar-refractivity contribution in [3.05, 3.63) is 0 Å². The van der Waals surface area contributed by atoms with E-state index in [1.165, 1.54) is 0 Å². The molecule has 18 heavy (non-hydrogen) atoms. The number of carbonyl (C=O) groups is 2. The van der Waals surface area contributed by atoms with E-state index in [1.807, 2.05) is 13.8 Å². The van der Waals surface area contributed by atoms with E-state index in [2.05, 4.69) is 5.32 Å². The van der Waals surface area contributed by atoms with Gasteiger partial charge in [0.15, 0.2) is 0 Å². The van der Waals surface area contributed by atoms with Crippen molar-refractivity contribution >= 4 is 29.1 Å². The number of nitrogens with two attached hydrogens (primary N) is 1. The average molecular weight is 269 g/mol. The molecule has 2 atom stereocenters. The molecule has 0 aromatic rings. The molecule has 0 bridgehead atoms. The first-order chi connectivity index (χ1) is 8.39. The summed E-state index contributed by atoms with van der Waals surface area (Å²) in [5, 5.41) is 2.90. The van der Waals surface area contributed by atoms with Gasteiger partial charge >= 0.3 is 6.03 Å². The molecule has 1 aliphatic heterocycles. The van der Waals surface area contributed by atoms with Crippen LogP contribution in [0.15, 0.2) is 0 Å². The number of imide groups is 1. The van der Waals surface area contributed by atoms with Crippen molar-refractivity contribution in [1.29, 1.82) is 0 Å². The molecule has 1 spiro atoms. The molecule has 6 heteroatoms. The SMILES string of the molecule is CC1CCCC(C)C12NC(=O)N(CC(N)=S)C2=O. The molecule has 100 valence electrons. The summed E-state index contributed by atoms with van der Waals surface area (Å²) in [4.78, 5) is 25.9. The fraction of sp³-hybridized carbons (Fsp3) is 0.750. The van der Waals surface area contributed by atoms with E-state index in [-0.39, 0.29) is 35.3 Å². The predicted octanol–water partition coefficient (Wildman–Crippen LogP) is 1.02. The van der Waals surface area contributed by atoms with E-state index >= 15 is 0 Å². The van der Waals surface area contributed by atoms with E-state index in [9.17, 15) is 9.59 Å². The summed E-state index contributed by atoms with van der Waals surface area (Å²) in [5.41, 5.74) is 4.69. The molecule has 1 saturated carbocycles. The molecule has 2 fully saturated rings. The van der Waals surface area contributed by atoms with Crippen molar-refractivity contribution in [2.24, 2.45) is 17.6 Å². The number of carbonyl (C=O) groups excluding carboxylic acids is 2. The number of hydrogen-bond donors (Lipinski definition) is 2. The van der Waals surface area contributed by atoms with E-state index in [0.717, 1.165) is 24.2 Å². The molecular weight excluding hydrogens is 250 g/mol. The van der Waals surface area contributed by atoms with Gasteiger partial charge in [-0.25, -0.2) is 4.79 Å². The molecule has 1 heterocycles. The van der Waals surface area contributed by atoms with Crippen molar-refractivity contribution in [2.75, 3.05) is 6.54 Å². The summed E-state index contributed by atoms with van der Waals surface area (Å²) in [6.45, 7) is 4.08. The molecule has 1 aliphatic carbocycles. The quantitative estimate of drug-likeness (QED) is 0.580. The van der Waals surface area contributed by atoms with E-state index in [4.69, 9.17) is 18.0 Å². The van der Waals surface area contributed by atoms with Gasteiger partial charge < -0.3 is 11.1 Å². The second-order valence-corrected chi connectivity index (χ2v) is 5.91. The minimum absolute atomic E-state index is 0.0290. The normalized spacial score (nSPS) is 36.0. The molecule has 2 rings (SSSR count). The third kappa shape index (κ3) is 1.79. The van der Waals surface area contributed by atoms with Gasteiger partial charge in [-0.2, -0.15) is 0 Å². The average Bonchev–Trinajstić information content (AvgIpc) is 2.52. The second-order valence-electron chi connectivity index (χ2n) is 5.39. The van der Waals surface area contributed by atoms with Crippen molar-refractivity contribution in [3.8, 4) is 0 Å². The lowest BCUT2D eigenvalue weighted by Gasteiger charge is -2.42. The second kappa shape index (κ2) is 4.50. The molecule has 2 unspecified atom stereocenters. The Morgan fingerprint density at radius 3 is 2.50 bits per heavy atom. The minimum atomic E-state index is -0.750. The maximum atomic E-state index is 12.6. The van der Waals surface area contributed by atoms with Gasteiger partial charge in [0.05, 0.1) is 11.5 Å². The maximum absolute atomic E-state index is 12.6. The van der Waals surface area contributed by atoms with Crippen molar-refractivity contribution < 1.29 is 9.59 Å². The zero-order valence-corrected chi connectivity index (χ0v) is 11.5. The van der Waals surface area contributed by atoms with E-state index in [1.54, 1.807) is 0 Å². The Morgan fingerprint density at radius 1 is 1.44 bits per heavy atom. The van der Waals surface area contributed by atoms with Gasteiger partial charge in [0.1, 0.15) is 5.54 Å². The molecule has 3 N–H and O–H groups in total. The lowest BCUT2D eigenvalue weighted by molar-refractivity contribution is -0.136. The van der Waals surface area contributed by atoms with Crippen LogP contribution in [0.1, 0.15) is 33.1 Å². The monoisotopic (exact) mass is 269 g/mol. The Kier molecular flexibility index (Phi) is 3.31. The van der Waals surface area contributed by atoms with Crippen molar-refractivity contribution in [2.45, 2.75) is 38.6 Å². The number of nitrogens with zero attached hydrogens (tertiary/aromatic N) is 1. The zero-order valence-electron chi connectivity index (χ0n) is 10.7. The van der Waals surface area contributed by atoms with E-state index in [0.29, 0.717) is 0 Å². The highest BCUT2D eigenvalue weighted by Crippen LogP contribution is 2.41. The van der Waals surface area contributed by atoms with Gasteiger partial charge in [-0.05, 0) is 24.7 Å². The summed E-state index contributed by atoms with van der Waals surface area (Å²) in [7, 11) is 0. The van der Waals surface area contributed by atoms with Crippen molar-refractivity contribution in [3.63, 3.8) is 0 Å². The van der Waals surface area contributed by atoms with Crippen LogP contribution in [0.2, 0.25) is 0 Å². The first-order valence-corrected chi connectivity index (χ1v) is 6.72. The fourth-order valence-corrected chi connectivity index (χ4v) is 3.38. The molecule has 5 nitrogen and oxygen atoms in total. The summed E-state index contributed by atoms with van der Waals surface area (Å²) >= 11 is 4.79. The molecular formula is C12H19N3O2S. The fourth-order valence-electron chi connectivity index (χ4n) is 3.25. The van der Waals surface area contributed by atoms with Crippen LogP contribution in [0, 0.1) is 11.8 Å². The van der Waals surface area contributed by atoms with Gasteiger partial charge in [-0.3, -0.25) is 9.69 Å². The van der Waals surface area contributed by atoms with Gasteiger partial charge in [-0.1, -0.05) is 32.5 Å². The Labute approximate surface area is 112 Å². The molecule has 0 aromatic heterocycles. The van der Waals surface area contributed by atoms with Gasteiger partial charge in [0.2, 0.25) is 0 Å². The lowest BCUT2D eigenvalue weighted by Crippen LogP contribution is -2.59. The summed E-state index contributed by atoms with van der Waals surface area (Å²) in [6.07, 6.45) is 3.01. The Morgan fingerprint density at radius 2 is 2.00 bits per heavy atom. The highest BCUT2D eigenvalue weighted by atomic mass is 32.1. The van der Waals surface area contributed by atoms with Crippen LogP contribution in [-0.4, -0.2) is 33.9 Å². The van der Waals surface area contributed by atoms with Crippen LogP contribution in [0.4, 0.5) is 4.79 Å². The van der Waals surface area contributed by atoms with Crippen molar-refractivity contribution in [1.82, 2.24) is 10.2 Å². The first-order valence-electron chi connectivity index (χ1n) is 6.32. The van der Waals surface area contributed by atoms with Crippen LogP contribution < -0.4 is 11.1 Å². The standard InChI is InChI=1S/C12H19N3O2S/c1-7-4-3-5-8(2)12(7)10(16)15(6-9(13)18)11(17)14-12/h7-8H,3-6H2,1-2H3,(H2,13,18)(H,14,17). The molecule has 0 radical (unpaired) electrons. The van der Waals surface area contributed by atoms with Crippen LogP contribution in [0.25, 0.3) is 0 Å². The van der Waals surface area contributed by atoms with Crippen LogP contribution in [-0.2, 0) is 4.79 Å². The number of amides is 3. The topological polar surface area (TPSA) is 75.4 Å². The van der Waals surface area contributed by atoms with Gasteiger partial charge in [0.25, 0.3) is 5.91 Å². The number of urea groups is 1. The van der Waals surface area contributed by atoms with E-state index < -0.39 is 5.54 Å². The number of nitrogens with one attached hydrogen (secondary N) is 1. The van der Waals surface area contributed by atoms with Gasteiger partial charge in [0, 0.05) is 0 Å². The Hall–Kier alpha value is -1.17. The number of rotatable bonds is 2. The smallest absolute Gasteiger partial charge is 0.325 e. The third-order valence-corrected chi connectivity index (χ3v) is 4.43. The first kappa shape index (κ1) is 13.3. The molecule has 1 saturated heterocycles. The highest BCUT2D eigenvalue weighted by Gasteiger charge is 2.58. The predicted molar refractivity (Wildman–Crippen MR) is 71.9 cm³/mol. The Balaban J connectivity index is 2.32. The molecule has 0 aromatic carbocycles. The minimum Gasteiger partial charge on any atom is -0.392 e. The largest absolute Gasteiger partial charge is 0.392 e. The van der Waals surface area contributed by atoms with Crippen LogP contribution in [0.5, 0.6) is 0 Å². The van der Waals surface area contributed by atoms with Crippen LogP contribution in [0.3, 0.4) is 0 Å². The molecule has 2 aliphatic rings. The highest BCUT2D eigenvalue weighted by molar-refractivity contribution is 7.80. The summed E-state index contributed by atoms with van der Waals surface area (Å²) in [5.74, 6) is 0.128. The summed E-state index contributed by atoms with van der Waals surface area (Å²) < 4.78 is 0. The third-order valence-electron chi connectivity index (χ3n) is 4.30. The zero-order chi connectivity index (χ0) is 13.5. The lowest BCUT2D eigenvalue weighted by atomic mass is 9.67. The number of hydrogen-bond acceptors (Lipinski definition) is 3. The molecule has 3 amide bonds. The van der Waals surface area contributed by atoms with Gasteiger partial charge in [-0.15, -0.1) is 0 Å². The van der Waals surface area contributed by atoms with Crippen LogP contribution >= 0.6 is 12.2 Å². The Bertz CT molecular complexity index is 400. The maximum Gasteiger partial charge on any atom is 0.325 e. The number of thiocarbonyl (C=S) groups is 1. The summed E-state index contributed by atoms with van der Waals surface area (Å²) in [6, 6.07) is -0.367.